The summed E-state index contributed by atoms with van der Waals surface area (Å²) in [7, 11) is 0. The minimum atomic E-state index is -4.61. The summed E-state index contributed by atoms with van der Waals surface area (Å²) < 4.78 is 76.9. The van der Waals surface area contributed by atoms with Crippen molar-refractivity contribution in [3.63, 3.8) is 0 Å². The van der Waals surface area contributed by atoms with E-state index in [1.165, 1.54) is 30.6 Å². The maximum Gasteiger partial charge on any atom is 0.416 e. The molecule has 1 aromatic heterocycles. The lowest BCUT2D eigenvalue weighted by atomic mass is 10.1. The largest absolute Gasteiger partial charge is 0.416 e. The molecule has 2 aromatic carbocycles. The number of halogens is 6. The Morgan fingerprint density at radius 2 is 1.55 bits per heavy atom. The van der Waals surface area contributed by atoms with Gasteiger partial charge in [-0.3, -0.25) is 4.98 Å². The zero-order valence-electron chi connectivity index (χ0n) is 14.5. The maximum absolute atomic E-state index is 13.1. The lowest BCUT2D eigenvalue weighted by molar-refractivity contribution is -0.138. The zero-order valence-corrected chi connectivity index (χ0v) is 14.5. The van der Waals surface area contributed by atoms with Crippen molar-refractivity contribution < 1.29 is 31.1 Å². The molecule has 0 unspecified atom stereocenters. The molecule has 0 saturated carbocycles. The highest BCUT2D eigenvalue weighted by atomic mass is 19.4. The van der Waals surface area contributed by atoms with E-state index in [1.54, 1.807) is 0 Å². The van der Waals surface area contributed by atoms with Gasteiger partial charge >= 0.3 is 18.4 Å². The lowest BCUT2D eigenvalue weighted by Gasteiger charge is -2.14. The highest BCUT2D eigenvalue weighted by molar-refractivity contribution is 6.01. The van der Waals surface area contributed by atoms with E-state index in [2.05, 4.69) is 15.6 Å². The number of hydrogen-bond acceptors (Lipinski definition) is 2. The van der Waals surface area contributed by atoms with Crippen LogP contribution in [0.15, 0.2) is 54.9 Å². The number of benzene rings is 2. The van der Waals surface area contributed by atoms with E-state index < -0.39 is 29.5 Å². The second-order valence-electron chi connectivity index (χ2n) is 6.12. The minimum Gasteiger partial charge on any atom is -0.334 e. The fourth-order valence-corrected chi connectivity index (χ4v) is 2.64. The molecule has 0 saturated heterocycles. The van der Waals surface area contributed by atoms with Gasteiger partial charge in [-0.2, -0.15) is 26.3 Å². The monoisotopic (exact) mass is 413 g/mol. The van der Waals surface area contributed by atoms with Crippen molar-refractivity contribution in [2.24, 2.45) is 0 Å². The van der Waals surface area contributed by atoms with Gasteiger partial charge in [-0.05, 0) is 35.9 Å². The fraction of sp³-hybridized carbons (Fsp3) is 0.158. The molecule has 0 aliphatic rings. The average molecular weight is 413 g/mol. The summed E-state index contributed by atoms with van der Waals surface area (Å²) in [5, 5.41) is 5.30. The molecule has 3 rings (SSSR count). The van der Waals surface area contributed by atoms with Crippen LogP contribution < -0.4 is 10.6 Å². The summed E-state index contributed by atoms with van der Waals surface area (Å²) in [4.78, 5) is 15.9. The van der Waals surface area contributed by atoms with E-state index in [4.69, 9.17) is 0 Å². The van der Waals surface area contributed by atoms with Gasteiger partial charge in [0.15, 0.2) is 0 Å². The predicted molar refractivity (Wildman–Crippen MR) is 94.0 cm³/mol. The Morgan fingerprint density at radius 1 is 0.897 bits per heavy atom. The maximum atomic E-state index is 13.1. The zero-order chi connectivity index (χ0) is 21.2. The quantitative estimate of drug-likeness (QED) is 0.550. The molecule has 0 aliphatic carbocycles. The van der Waals surface area contributed by atoms with Crippen LogP contribution in [-0.2, 0) is 18.9 Å². The van der Waals surface area contributed by atoms with Crippen molar-refractivity contribution >= 4 is 22.5 Å². The summed E-state index contributed by atoms with van der Waals surface area (Å²) >= 11 is 0. The van der Waals surface area contributed by atoms with E-state index >= 15 is 0 Å². The first-order valence-corrected chi connectivity index (χ1v) is 8.20. The van der Waals surface area contributed by atoms with Gasteiger partial charge in [0.2, 0.25) is 0 Å². The second kappa shape index (κ2) is 7.61. The molecule has 3 aromatic rings. The third kappa shape index (κ3) is 4.95. The molecule has 4 nitrogen and oxygen atoms in total. The molecule has 0 atom stereocenters. The molecule has 0 aliphatic heterocycles. The molecule has 29 heavy (non-hydrogen) atoms. The van der Waals surface area contributed by atoms with Gasteiger partial charge in [0, 0.05) is 29.7 Å². The number of alkyl halides is 6. The summed E-state index contributed by atoms with van der Waals surface area (Å²) in [5.74, 6) is 0. The molecule has 10 heteroatoms. The van der Waals surface area contributed by atoms with Crippen LogP contribution in [0.1, 0.15) is 16.7 Å². The summed E-state index contributed by atoms with van der Waals surface area (Å²) in [6, 6.07) is 6.55. The van der Waals surface area contributed by atoms with E-state index in [0.717, 1.165) is 24.3 Å². The number of carbonyl (C=O) groups excluding carboxylic acids is 1. The Balaban J connectivity index is 1.74. The van der Waals surface area contributed by atoms with Crippen LogP contribution in [0.3, 0.4) is 0 Å². The summed E-state index contributed by atoms with van der Waals surface area (Å²) in [5.41, 5.74) is -1.45. The van der Waals surface area contributed by atoms with Crippen molar-refractivity contribution in [2.45, 2.75) is 18.9 Å². The van der Waals surface area contributed by atoms with E-state index in [9.17, 15) is 31.1 Å². The highest BCUT2D eigenvalue weighted by Crippen LogP contribution is 2.35. The van der Waals surface area contributed by atoms with Crippen LogP contribution in [0.2, 0.25) is 0 Å². The number of aromatic nitrogens is 1. The second-order valence-corrected chi connectivity index (χ2v) is 6.12. The van der Waals surface area contributed by atoms with Crippen molar-refractivity contribution in [1.82, 2.24) is 10.3 Å². The molecular weight excluding hydrogens is 400 g/mol. The van der Waals surface area contributed by atoms with E-state index in [1.807, 2.05) is 0 Å². The molecule has 0 bridgehead atoms. The number of hydrogen-bond donors (Lipinski definition) is 2. The Hall–Kier alpha value is -3.30. The van der Waals surface area contributed by atoms with Gasteiger partial charge in [0.05, 0.1) is 16.8 Å². The normalized spacial score (nSPS) is 12.1. The molecular formula is C19H13F6N3O. The third-order valence-electron chi connectivity index (χ3n) is 4.06. The number of urea groups is 1. The number of rotatable bonds is 3. The molecule has 2 amide bonds. The topological polar surface area (TPSA) is 54.0 Å². The molecule has 0 radical (unpaired) electrons. The van der Waals surface area contributed by atoms with E-state index in [-0.39, 0.29) is 17.6 Å². The first-order chi connectivity index (χ1) is 13.5. The van der Waals surface area contributed by atoms with Crippen LogP contribution in [0.25, 0.3) is 10.8 Å². The van der Waals surface area contributed by atoms with Gasteiger partial charge in [-0.25, -0.2) is 4.79 Å². The predicted octanol–water partition coefficient (Wildman–Crippen LogP) is 5.59. The fourth-order valence-electron chi connectivity index (χ4n) is 2.64. The van der Waals surface area contributed by atoms with Gasteiger partial charge < -0.3 is 10.6 Å². The lowest BCUT2D eigenvalue weighted by Crippen LogP contribution is -2.28. The third-order valence-corrected chi connectivity index (χ3v) is 4.06. The van der Waals surface area contributed by atoms with Crippen molar-refractivity contribution in [3.05, 3.63) is 71.5 Å². The highest BCUT2D eigenvalue weighted by Gasteiger charge is 2.32. The van der Waals surface area contributed by atoms with Crippen LogP contribution in [0.4, 0.5) is 36.8 Å². The van der Waals surface area contributed by atoms with Crippen molar-refractivity contribution in [3.8, 4) is 0 Å². The number of nitrogens with one attached hydrogen (secondary N) is 2. The first kappa shape index (κ1) is 20.4. The Morgan fingerprint density at radius 3 is 2.17 bits per heavy atom. The Bertz CT molecular complexity index is 1030. The van der Waals surface area contributed by atoms with Crippen LogP contribution in [0.5, 0.6) is 0 Å². The summed E-state index contributed by atoms with van der Waals surface area (Å²) in [6.07, 6.45) is -6.46. The van der Waals surface area contributed by atoms with Gasteiger partial charge in [0.25, 0.3) is 0 Å². The molecule has 1 heterocycles. The summed E-state index contributed by atoms with van der Waals surface area (Å²) in [6.45, 7) is -0.109. The van der Waals surface area contributed by atoms with Crippen molar-refractivity contribution in [1.29, 1.82) is 0 Å². The molecule has 2 N–H and O–H groups in total. The number of anilines is 1. The minimum absolute atomic E-state index is 0.0675. The van der Waals surface area contributed by atoms with Crippen LogP contribution >= 0.6 is 0 Å². The van der Waals surface area contributed by atoms with E-state index in [0.29, 0.717) is 10.9 Å². The SMILES string of the molecule is O=C(NCc1ccc(C(F)(F)F)cc1)Nc1cc(C(F)(F)F)cc2cnccc12. The smallest absolute Gasteiger partial charge is 0.334 e. The number of nitrogens with zero attached hydrogens (tertiary/aromatic N) is 1. The molecule has 0 fully saturated rings. The number of fused-ring (bicyclic) bond motifs is 1. The van der Waals surface area contributed by atoms with Gasteiger partial charge in [0.1, 0.15) is 0 Å². The number of pyridine rings is 1. The van der Waals surface area contributed by atoms with Crippen LogP contribution in [-0.4, -0.2) is 11.0 Å². The van der Waals surface area contributed by atoms with Gasteiger partial charge in [-0.1, -0.05) is 12.1 Å². The molecule has 152 valence electrons. The molecule has 0 spiro atoms. The van der Waals surface area contributed by atoms with Crippen LogP contribution in [0, 0.1) is 0 Å². The number of amides is 2. The number of carbonyl (C=O) groups is 1. The van der Waals surface area contributed by atoms with Crippen molar-refractivity contribution in [2.75, 3.05) is 5.32 Å². The first-order valence-electron chi connectivity index (χ1n) is 8.20. The Kier molecular flexibility index (Phi) is 5.36. The average Bonchev–Trinajstić information content (AvgIpc) is 2.65. The van der Waals surface area contributed by atoms with Gasteiger partial charge in [-0.15, -0.1) is 0 Å². The standard InChI is InChI=1S/C19H13F6N3O/c20-18(21,22)13-3-1-11(2-4-13)9-27-17(29)28-16-8-14(19(23,24)25)7-12-10-26-6-5-15(12)16/h1-8,10H,9H2,(H2,27,28,29). The Labute approximate surface area is 160 Å².